The number of fused-ring (bicyclic) bond motifs is 1. The van der Waals surface area contributed by atoms with Gasteiger partial charge in [-0.05, 0) is 40.1 Å². The van der Waals surface area contributed by atoms with E-state index < -0.39 is 0 Å². The van der Waals surface area contributed by atoms with Crippen LogP contribution < -0.4 is 10.6 Å². The number of nitrogens with two attached hydrogens (primary N) is 1. The molecule has 1 heterocycles. The van der Waals surface area contributed by atoms with E-state index in [1.165, 1.54) is 0 Å². The second kappa shape index (κ2) is 5.48. The summed E-state index contributed by atoms with van der Waals surface area (Å²) in [5.41, 5.74) is 8.06. The maximum Gasteiger partial charge on any atom is 0.298 e. The molecule has 1 aromatic heterocycles. The smallest absolute Gasteiger partial charge is 0.298 e. The number of aromatic nitrogens is 1. The molecule has 0 radical (unpaired) electrons. The molecule has 0 aliphatic heterocycles. The molecule has 0 saturated carbocycles. The lowest BCUT2D eigenvalue weighted by molar-refractivity contribution is 0.365. The van der Waals surface area contributed by atoms with Gasteiger partial charge in [0.05, 0.1) is 5.69 Å². The molecule has 0 spiro atoms. The summed E-state index contributed by atoms with van der Waals surface area (Å²) in [6.45, 7) is 6.07. The fourth-order valence-corrected chi connectivity index (χ4v) is 2.34. The van der Waals surface area contributed by atoms with Crippen LogP contribution in [-0.4, -0.2) is 43.1 Å². The number of hydrogen-bond donors (Lipinski definition) is 1. The van der Waals surface area contributed by atoms with Crippen LogP contribution in [0.15, 0.2) is 22.6 Å². The van der Waals surface area contributed by atoms with E-state index in [9.17, 15) is 0 Å². The fraction of sp³-hybridized carbons (Fsp3) is 0.500. The van der Waals surface area contributed by atoms with Crippen molar-refractivity contribution in [3.63, 3.8) is 0 Å². The first-order valence-corrected chi connectivity index (χ1v) is 6.59. The minimum absolute atomic E-state index is 0.328. The first-order chi connectivity index (χ1) is 9.02. The van der Waals surface area contributed by atoms with Gasteiger partial charge in [0.25, 0.3) is 6.01 Å². The average molecular weight is 262 g/mol. The number of benzene rings is 1. The highest BCUT2D eigenvalue weighted by Gasteiger charge is 2.19. The highest BCUT2D eigenvalue weighted by molar-refractivity contribution is 5.86. The zero-order chi connectivity index (χ0) is 14.0. The second-order valence-electron chi connectivity index (χ2n) is 5.09. The number of hydrogen-bond acceptors (Lipinski definition) is 5. The SMILES string of the molecule is CCN(c1nc2c(N)cccc2o1)C(C)CN(C)C. The summed E-state index contributed by atoms with van der Waals surface area (Å²) < 4.78 is 5.82. The van der Waals surface area contributed by atoms with Gasteiger partial charge in [-0.1, -0.05) is 6.07 Å². The van der Waals surface area contributed by atoms with Crippen LogP contribution in [0, 0.1) is 0 Å². The van der Waals surface area contributed by atoms with E-state index in [1.807, 2.05) is 18.2 Å². The lowest BCUT2D eigenvalue weighted by Gasteiger charge is -2.28. The van der Waals surface area contributed by atoms with Gasteiger partial charge in [0.2, 0.25) is 0 Å². The van der Waals surface area contributed by atoms with E-state index in [-0.39, 0.29) is 0 Å². The van der Waals surface area contributed by atoms with Crippen LogP contribution in [0.4, 0.5) is 11.7 Å². The number of nitrogens with zero attached hydrogens (tertiary/aromatic N) is 3. The van der Waals surface area contributed by atoms with Crippen molar-refractivity contribution in [2.75, 3.05) is 37.8 Å². The van der Waals surface area contributed by atoms with Crippen molar-refractivity contribution in [3.8, 4) is 0 Å². The monoisotopic (exact) mass is 262 g/mol. The number of oxazole rings is 1. The summed E-state index contributed by atoms with van der Waals surface area (Å²) >= 11 is 0. The predicted octanol–water partition coefficient (Wildman–Crippen LogP) is 2.19. The van der Waals surface area contributed by atoms with Crippen molar-refractivity contribution in [2.24, 2.45) is 0 Å². The lowest BCUT2D eigenvalue weighted by atomic mass is 10.3. The molecule has 0 fully saturated rings. The Labute approximate surface area is 114 Å². The molecule has 1 atom stereocenters. The van der Waals surface area contributed by atoms with Gasteiger partial charge in [-0.2, -0.15) is 4.98 Å². The third-order valence-electron chi connectivity index (χ3n) is 3.19. The van der Waals surface area contributed by atoms with Crippen LogP contribution in [0.3, 0.4) is 0 Å². The summed E-state index contributed by atoms with van der Waals surface area (Å²) in [5, 5.41) is 0. The fourth-order valence-electron chi connectivity index (χ4n) is 2.34. The van der Waals surface area contributed by atoms with E-state index in [1.54, 1.807) is 0 Å². The predicted molar refractivity (Wildman–Crippen MR) is 79.5 cm³/mol. The quantitative estimate of drug-likeness (QED) is 0.837. The highest BCUT2D eigenvalue weighted by Crippen LogP contribution is 2.26. The number of anilines is 2. The summed E-state index contributed by atoms with van der Waals surface area (Å²) in [4.78, 5) is 8.84. The van der Waals surface area contributed by atoms with E-state index in [4.69, 9.17) is 10.2 Å². The maximum atomic E-state index is 5.92. The molecular formula is C14H22N4O. The molecule has 2 N–H and O–H groups in total. The molecule has 19 heavy (non-hydrogen) atoms. The summed E-state index contributed by atoms with van der Waals surface area (Å²) in [5.74, 6) is 0. The van der Waals surface area contributed by atoms with Crippen molar-refractivity contribution in [1.82, 2.24) is 9.88 Å². The Morgan fingerprint density at radius 1 is 1.37 bits per heavy atom. The molecule has 0 aliphatic rings. The molecule has 1 aromatic carbocycles. The van der Waals surface area contributed by atoms with Gasteiger partial charge in [-0.15, -0.1) is 0 Å². The molecule has 0 amide bonds. The molecule has 2 rings (SSSR count). The Balaban J connectivity index is 2.33. The van der Waals surface area contributed by atoms with Gasteiger partial charge in [-0.25, -0.2) is 0 Å². The summed E-state index contributed by atoms with van der Waals surface area (Å²) in [6, 6.07) is 6.59. The largest absolute Gasteiger partial charge is 0.423 e. The third-order valence-corrected chi connectivity index (χ3v) is 3.19. The molecule has 0 aliphatic carbocycles. The number of likely N-dealkylation sites (N-methyl/N-ethyl adjacent to an activating group) is 2. The van der Waals surface area contributed by atoms with Crippen molar-refractivity contribution in [1.29, 1.82) is 0 Å². The number of para-hydroxylation sites is 1. The zero-order valence-corrected chi connectivity index (χ0v) is 12.1. The Hall–Kier alpha value is -1.75. The Bertz CT molecular complexity index is 549. The number of nitrogen functional groups attached to an aromatic ring is 1. The van der Waals surface area contributed by atoms with Crippen molar-refractivity contribution < 1.29 is 4.42 Å². The molecule has 1 unspecified atom stereocenters. The average Bonchev–Trinajstić information content (AvgIpc) is 2.74. The lowest BCUT2D eigenvalue weighted by Crippen LogP contribution is -2.40. The van der Waals surface area contributed by atoms with E-state index in [2.05, 4.69) is 42.7 Å². The Morgan fingerprint density at radius 2 is 2.11 bits per heavy atom. The third kappa shape index (κ3) is 2.81. The minimum atomic E-state index is 0.328. The molecule has 0 saturated heterocycles. The van der Waals surface area contributed by atoms with Gasteiger partial charge >= 0.3 is 0 Å². The van der Waals surface area contributed by atoms with Crippen LogP contribution in [0.5, 0.6) is 0 Å². The molecule has 5 heteroatoms. The summed E-state index contributed by atoms with van der Waals surface area (Å²) in [7, 11) is 4.13. The van der Waals surface area contributed by atoms with Gasteiger partial charge < -0.3 is 20.0 Å². The van der Waals surface area contributed by atoms with E-state index in [0.717, 1.165) is 24.2 Å². The normalized spacial score (nSPS) is 13.1. The van der Waals surface area contributed by atoms with Gasteiger partial charge in [0.1, 0.15) is 5.52 Å². The van der Waals surface area contributed by atoms with E-state index in [0.29, 0.717) is 17.7 Å². The van der Waals surface area contributed by atoms with Crippen LogP contribution >= 0.6 is 0 Å². The molecular weight excluding hydrogens is 240 g/mol. The molecule has 5 nitrogen and oxygen atoms in total. The zero-order valence-electron chi connectivity index (χ0n) is 12.1. The van der Waals surface area contributed by atoms with Crippen LogP contribution in [0.1, 0.15) is 13.8 Å². The summed E-state index contributed by atoms with van der Waals surface area (Å²) in [6.07, 6.45) is 0. The maximum absolute atomic E-state index is 5.92. The first-order valence-electron chi connectivity index (χ1n) is 6.59. The van der Waals surface area contributed by atoms with Gasteiger partial charge in [0.15, 0.2) is 5.58 Å². The molecule has 2 aromatic rings. The second-order valence-corrected chi connectivity index (χ2v) is 5.09. The Morgan fingerprint density at radius 3 is 2.68 bits per heavy atom. The first kappa shape index (κ1) is 13.7. The van der Waals surface area contributed by atoms with Gasteiger partial charge in [-0.3, -0.25) is 0 Å². The highest BCUT2D eigenvalue weighted by atomic mass is 16.4. The standard InChI is InChI=1S/C14H22N4O/c1-5-18(10(2)9-17(3)4)14-16-13-11(15)7-6-8-12(13)19-14/h6-8,10H,5,9,15H2,1-4H3. The van der Waals surface area contributed by atoms with Crippen molar-refractivity contribution >= 4 is 22.8 Å². The van der Waals surface area contributed by atoms with Crippen LogP contribution in [-0.2, 0) is 0 Å². The van der Waals surface area contributed by atoms with Gasteiger partial charge in [0, 0.05) is 19.1 Å². The van der Waals surface area contributed by atoms with Crippen LogP contribution in [0.2, 0.25) is 0 Å². The van der Waals surface area contributed by atoms with Crippen molar-refractivity contribution in [3.05, 3.63) is 18.2 Å². The van der Waals surface area contributed by atoms with Crippen molar-refractivity contribution in [2.45, 2.75) is 19.9 Å². The minimum Gasteiger partial charge on any atom is -0.423 e. The Kier molecular flexibility index (Phi) is 3.95. The van der Waals surface area contributed by atoms with E-state index >= 15 is 0 Å². The number of rotatable bonds is 5. The molecule has 104 valence electrons. The van der Waals surface area contributed by atoms with Crippen LogP contribution in [0.25, 0.3) is 11.1 Å². The molecule has 0 bridgehead atoms. The topological polar surface area (TPSA) is 58.5 Å².